The van der Waals surface area contributed by atoms with Crippen molar-refractivity contribution in [3.63, 3.8) is 0 Å². The molecule has 0 aliphatic heterocycles. The van der Waals surface area contributed by atoms with Crippen molar-refractivity contribution < 1.29 is 18.4 Å². The fourth-order valence-electron chi connectivity index (χ4n) is 1.18. The molecule has 2 atom stereocenters. The lowest BCUT2D eigenvalue weighted by molar-refractivity contribution is -0.384. The number of sulfone groups is 1. The number of aliphatic hydroxyl groups excluding tert-OH is 1. The Morgan fingerprint density at radius 3 is 2.18 bits per heavy atom. The van der Waals surface area contributed by atoms with Gasteiger partial charge in [-0.15, -0.1) is 0 Å². The quantitative estimate of drug-likeness (QED) is 0.374. The summed E-state index contributed by atoms with van der Waals surface area (Å²) in [5.74, 6) is 0. The molecule has 0 aromatic heterocycles. The number of halogens is 1. The molecule has 0 saturated carbocycles. The molecule has 0 heterocycles. The lowest BCUT2D eigenvalue weighted by Gasteiger charge is -2.15. The molecule has 1 aromatic carbocycles. The Morgan fingerprint density at radius 1 is 1.35 bits per heavy atom. The van der Waals surface area contributed by atoms with E-state index in [0.29, 0.717) is 5.56 Å². The first-order chi connectivity index (χ1) is 7.73. The van der Waals surface area contributed by atoms with Crippen molar-refractivity contribution in [2.75, 3.05) is 6.26 Å². The molecule has 1 rings (SSSR count). The van der Waals surface area contributed by atoms with Gasteiger partial charge < -0.3 is 5.11 Å². The van der Waals surface area contributed by atoms with Crippen LogP contribution in [-0.4, -0.2) is 28.0 Å². The molecular formula is C9H10INO5S. The van der Waals surface area contributed by atoms with Gasteiger partial charge in [-0.3, -0.25) is 10.1 Å². The van der Waals surface area contributed by atoms with E-state index in [-0.39, 0.29) is 5.69 Å². The van der Waals surface area contributed by atoms with E-state index >= 15 is 0 Å². The van der Waals surface area contributed by atoms with E-state index < -0.39 is 24.1 Å². The van der Waals surface area contributed by atoms with E-state index in [9.17, 15) is 23.6 Å². The monoisotopic (exact) mass is 371 g/mol. The van der Waals surface area contributed by atoms with Gasteiger partial charge in [0.2, 0.25) is 0 Å². The second-order valence-electron chi connectivity index (χ2n) is 3.47. The first kappa shape index (κ1) is 14.3. The molecule has 1 N–H and O–H groups in total. The lowest BCUT2D eigenvalue weighted by Crippen LogP contribution is -2.21. The van der Waals surface area contributed by atoms with E-state index in [2.05, 4.69) is 0 Å². The predicted molar refractivity (Wildman–Crippen MR) is 70.7 cm³/mol. The van der Waals surface area contributed by atoms with E-state index in [1.54, 1.807) is 22.6 Å². The zero-order valence-corrected chi connectivity index (χ0v) is 11.8. The van der Waals surface area contributed by atoms with Crippen molar-refractivity contribution >= 4 is 38.1 Å². The van der Waals surface area contributed by atoms with Crippen LogP contribution in [0.2, 0.25) is 0 Å². The molecular weight excluding hydrogens is 361 g/mol. The van der Waals surface area contributed by atoms with Gasteiger partial charge in [0.25, 0.3) is 5.69 Å². The van der Waals surface area contributed by atoms with E-state index in [4.69, 9.17) is 0 Å². The molecule has 0 bridgehead atoms. The summed E-state index contributed by atoms with van der Waals surface area (Å²) in [5, 5.41) is 20.2. The summed E-state index contributed by atoms with van der Waals surface area (Å²) < 4.78 is 21.5. The van der Waals surface area contributed by atoms with Crippen LogP contribution in [-0.2, 0) is 9.84 Å². The zero-order valence-electron chi connectivity index (χ0n) is 8.78. The van der Waals surface area contributed by atoms with E-state index in [1.807, 2.05) is 0 Å². The van der Waals surface area contributed by atoms with Crippen molar-refractivity contribution in [2.45, 2.75) is 9.36 Å². The Labute approximate surface area is 112 Å². The SMILES string of the molecule is CS(=O)(=O)[C@@H](I)[C@@H](O)c1ccc([N+](=O)[O-])cc1. The maximum absolute atomic E-state index is 11.2. The summed E-state index contributed by atoms with van der Waals surface area (Å²) in [6.07, 6.45) is -0.176. The standard InChI is InChI=1S/C9H10INO5S/c1-17(15,16)9(10)8(12)6-2-4-7(5-3-6)11(13)14/h2-5,8-9,12H,1H3/t8-,9+/m0/s1. The van der Waals surface area contributed by atoms with Gasteiger partial charge in [0, 0.05) is 18.4 Å². The van der Waals surface area contributed by atoms with Gasteiger partial charge in [-0.2, -0.15) is 0 Å². The Kier molecular flexibility index (Phi) is 4.44. The van der Waals surface area contributed by atoms with Crippen LogP contribution < -0.4 is 0 Å². The highest BCUT2D eigenvalue weighted by molar-refractivity contribution is 14.1. The highest BCUT2D eigenvalue weighted by Crippen LogP contribution is 2.27. The van der Waals surface area contributed by atoms with Gasteiger partial charge >= 0.3 is 0 Å². The number of alkyl halides is 1. The molecule has 0 unspecified atom stereocenters. The molecule has 0 spiro atoms. The molecule has 94 valence electrons. The molecule has 0 saturated heterocycles. The van der Waals surface area contributed by atoms with Crippen molar-refractivity contribution in [1.29, 1.82) is 0 Å². The summed E-state index contributed by atoms with van der Waals surface area (Å²) in [5.41, 5.74) is 0.228. The largest absolute Gasteiger partial charge is 0.386 e. The second kappa shape index (κ2) is 5.27. The van der Waals surface area contributed by atoms with Gasteiger partial charge in [0.1, 0.15) is 9.36 Å². The average Bonchev–Trinajstić information content (AvgIpc) is 2.26. The third-order valence-corrected chi connectivity index (χ3v) is 6.63. The fourth-order valence-corrected chi connectivity index (χ4v) is 2.22. The van der Waals surface area contributed by atoms with Crippen LogP contribution in [0.4, 0.5) is 5.69 Å². The van der Waals surface area contributed by atoms with Crippen LogP contribution in [0.15, 0.2) is 24.3 Å². The molecule has 0 radical (unpaired) electrons. The Hall–Kier alpha value is -0.740. The Morgan fingerprint density at radius 2 is 1.82 bits per heavy atom. The minimum absolute atomic E-state index is 0.106. The highest BCUT2D eigenvalue weighted by atomic mass is 127. The van der Waals surface area contributed by atoms with Crippen LogP contribution >= 0.6 is 22.6 Å². The first-order valence-corrected chi connectivity index (χ1v) is 7.69. The average molecular weight is 371 g/mol. The number of aliphatic hydroxyl groups is 1. The van der Waals surface area contributed by atoms with E-state index in [1.165, 1.54) is 24.3 Å². The number of rotatable bonds is 4. The number of hydrogen-bond donors (Lipinski definition) is 1. The normalized spacial score (nSPS) is 15.2. The first-order valence-electron chi connectivity index (χ1n) is 4.49. The van der Waals surface area contributed by atoms with Crippen LogP contribution in [0, 0.1) is 10.1 Å². The summed E-state index contributed by atoms with van der Waals surface area (Å²) in [6, 6.07) is 5.15. The van der Waals surface area contributed by atoms with Gasteiger partial charge in [-0.05, 0) is 17.7 Å². The third-order valence-electron chi connectivity index (χ3n) is 2.10. The van der Waals surface area contributed by atoms with Crippen LogP contribution in [0.5, 0.6) is 0 Å². The number of nitro benzene ring substituents is 1. The van der Waals surface area contributed by atoms with Gasteiger partial charge in [-0.25, -0.2) is 8.42 Å². The molecule has 0 aliphatic carbocycles. The minimum atomic E-state index is -3.37. The van der Waals surface area contributed by atoms with Crippen LogP contribution in [0.3, 0.4) is 0 Å². The van der Waals surface area contributed by atoms with Gasteiger partial charge in [-0.1, -0.05) is 22.6 Å². The number of non-ortho nitro benzene ring substituents is 1. The summed E-state index contributed by atoms with van der Waals surface area (Å²) in [4.78, 5) is 9.86. The molecule has 0 fully saturated rings. The minimum Gasteiger partial charge on any atom is -0.386 e. The van der Waals surface area contributed by atoms with Crippen molar-refractivity contribution in [3.05, 3.63) is 39.9 Å². The smallest absolute Gasteiger partial charge is 0.269 e. The van der Waals surface area contributed by atoms with E-state index in [0.717, 1.165) is 6.26 Å². The van der Waals surface area contributed by atoms with Crippen LogP contribution in [0.25, 0.3) is 0 Å². The predicted octanol–water partition coefficient (Wildman–Crippen LogP) is 1.43. The fraction of sp³-hybridized carbons (Fsp3) is 0.333. The molecule has 1 aromatic rings. The van der Waals surface area contributed by atoms with Crippen molar-refractivity contribution in [1.82, 2.24) is 0 Å². The second-order valence-corrected chi connectivity index (χ2v) is 7.83. The zero-order chi connectivity index (χ0) is 13.2. The molecule has 0 amide bonds. The third kappa shape index (κ3) is 3.61. The molecule has 8 heteroatoms. The lowest BCUT2D eigenvalue weighted by atomic mass is 10.1. The Balaban J connectivity index is 2.98. The number of nitrogens with zero attached hydrogens (tertiary/aromatic N) is 1. The molecule has 0 aliphatic rings. The maximum atomic E-state index is 11.2. The van der Waals surface area contributed by atoms with Gasteiger partial charge in [0.15, 0.2) is 9.84 Å². The number of benzene rings is 1. The summed E-state index contributed by atoms with van der Waals surface area (Å²) in [6.45, 7) is 0. The van der Waals surface area contributed by atoms with Crippen LogP contribution in [0.1, 0.15) is 11.7 Å². The highest BCUT2D eigenvalue weighted by Gasteiger charge is 2.27. The van der Waals surface area contributed by atoms with Gasteiger partial charge in [0.05, 0.1) is 4.92 Å². The number of nitro groups is 1. The topological polar surface area (TPSA) is 97.5 Å². The maximum Gasteiger partial charge on any atom is 0.269 e. The Bertz CT molecular complexity index is 513. The van der Waals surface area contributed by atoms with Crippen molar-refractivity contribution in [3.8, 4) is 0 Å². The van der Waals surface area contributed by atoms with Crippen molar-refractivity contribution in [2.24, 2.45) is 0 Å². The summed E-state index contributed by atoms with van der Waals surface area (Å²) in [7, 11) is -3.37. The molecule has 17 heavy (non-hydrogen) atoms. The molecule has 6 nitrogen and oxygen atoms in total. The summed E-state index contributed by atoms with van der Waals surface area (Å²) >= 11 is 1.63. The number of hydrogen-bond acceptors (Lipinski definition) is 5.